The van der Waals surface area contributed by atoms with Crippen molar-refractivity contribution in [3.05, 3.63) is 76.0 Å². The van der Waals surface area contributed by atoms with Gasteiger partial charge in [-0.2, -0.15) is 5.10 Å². The quantitative estimate of drug-likeness (QED) is 0.463. The second-order valence-corrected chi connectivity index (χ2v) is 6.36. The average Bonchev–Trinajstić information content (AvgIpc) is 3.20. The van der Waals surface area contributed by atoms with Gasteiger partial charge in [-0.1, -0.05) is 17.7 Å². The van der Waals surface area contributed by atoms with Crippen molar-refractivity contribution >= 4 is 23.5 Å². The Bertz CT molecular complexity index is 969. The van der Waals surface area contributed by atoms with Gasteiger partial charge < -0.3 is 9.15 Å². The van der Waals surface area contributed by atoms with Crippen LogP contribution in [-0.4, -0.2) is 15.6 Å². The van der Waals surface area contributed by atoms with Crippen molar-refractivity contribution < 1.29 is 13.9 Å². The normalized spacial score (nSPS) is 11.2. The van der Waals surface area contributed by atoms with Gasteiger partial charge in [-0.05, 0) is 50.3 Å². The number of ether oxygens (including phenoxy) is 1. The Morgan fingerprint density at radius 1 is 1.31 bits per heavy atom. The molecule has 6 heteroatoms. The molecule has 0 saturated carbocycles. The summed E-state index contributed by atoms with van der Waals surface area (Å²) in [4.78, 5) is 12.2. The zero-order valence-corrected chi connectivity index (χ0v) is 15.6. The van der Waals surface area contributed by atoms with Crippen LogP contribution in [0.2, 0.25) is 5.02 Å². The second kappa shape index (κ2) is 7.62. The first-order chi connectivity index (χ1) is 12.4. The van der Waals surface area contributed by atoms with E-state index in [4.69, 9.17) is 20.8 Å². The van der Waals surface area contributed by atoms with Crippen LogP contribution in [0.4, 0.5) is 0 Å². The summed E-state index contributed by atoms with van der Waals surface area (Å²) in [6.45, 7) is 3.99. The highest BCUT2D eigenvalue weighted by molar-refractivity contribution is 6.31. The van der Waals surface area contributed by atoms with Crippen molar-refractivity contribution in [1.82, 2.24) is 9.78 Å². The number of hydrogen-bond donors (Lipinski definition) is 0. The maximum atomic E-state index is 12.2. The predicted molar refractivity (Wildman–Crippen MR) is 101 cm³/mol. The molecule has 0 saturated heterocycles. The van der Waals surface area contributed by atoms with Gasteiger partial charge in [-0.3, -0.25) is 9.48 Å². The molecule has 0 bridgehead atoms. The molecule has 5 nitrogen and oxygen atoms in total. The highest BCUT2D eigenvalue weighted by Gasteiger charge is 2.10. The van der Waals surface area contributed by atoms with Crippen LogP contribution in [0.3, 0.4) is 0 Å². The lowest BCUT2D eigenvalue weighted by Gasteiger charge is -2.08. The molecule has 1 aromatic carbocycles. The fourth-order valence-electron chi connectivity index (χ4n) is 2.54. The van der Waals surface area contributed by atoms with Crippen LogP contribution in [0.5, 0.6) is 5.75 Å². The topological polar surface area (TPSA) is 57.3 Å². The summed E-state index contributed by atoms with van der Waals surface area (Å²) in [5.41, 5.74) is 2.17. The summed E-state index contributed by atoms with van der Waals surface area (Å²) in [6.07, 6.45) is 4.83. The lowest BCUT2D eigenvalue weighted by Crippen LogP contribution is -1.96. The van der Waals surface area contributed by atoms with E-state index in [1.165, 1.54) is 6.08 Å². The second-order valence-electron chi connectivity index (χ2n) is 5.96. The Morgan fingerprint density at radius 3 is 2.85 bits per heavy atom. The number of benzene rings is 1. The van der Waals surface area contributed by atoms with E-state index in [1.807, 2.05) is 31.2 Å². The van der Waals surface area contributed by atoms with E-state index in [0.29, 0.717) is 33.6 Å². The monoisotopic (exact) mass is 370 g/mol. The summed E-state index contributed by atoms with van der Waals surface area (Å²) in [5.74, 6) is 1.85. The van der Waals surface area contributed by atoms with Crippen molar-refractivity contribution in [2.24, 2.45) is 7.05 Å². The fourth-order valence-corrected chi connectivity index (χ4v) is 2.71. The van der Waals surface area contributed by atoms with Crippen LogP contribution >= 0.6 is 11.6 Å². The molecule has 0 spiro atoms. The smallest absolute Gasteiger partial charge is 0.189 e. The largest absolute Gasteiger partial charge is 0.485 e. The molecule has 2 heterocycles. The maximum Gasteiger partial charge on any atom is 0.189 e. The summed E-state index contributed by atoms with van der Waals surface area (Å²) < 4.78 is 13.1. The van der Waals surface area contributed by atoms with Crippen molar-refractivity contribution in [3.8, 4) is 5.75 Å². The lowest BCUT2D eigenvalue weighted by atomic mass is 10.1. The molecule has 3 rings (SSSR count). The summed E-state index contributed by atoms with van der Waals surface area (Å²) >= 11 is 6.08. The van der Waals surface area contributed by atoms with E-state index >= 15 is 0 Å². The highest BCUT2D eigenvalue weighted by Crippen LogP contribution is 2.26. The third-order valence-corrected chi connectivity index (χ3v) is 4.36. The Hall–Kier alpha value is -2.79. The van der Waals surface area contributed by atoms with Crippen LogP contribution in [-0.2, 0) is 13.7 Å². The number of nitrogens with zero attached hydrogens (tertiary/aromatic N) is 2. The number of halogens is 1. The van der Waals surface area contributed by atoms with Gasteiger partial charge >= 0.3 is 0 Å². The van der Waals surface area contributed by atoms with Gasteiger partial charge in [0.1, 0.15) is 23.9 Å². The number of carbonyl (C=O) groups excluding carboxylic acids is 1. The van der Waals surface area contributed by atoms with Gasteiger partial charge in [-0.25, -0.2) is 0 Å². The number of hydrogen-bond acceptors (Lipinski definition) is 4. The first-order valence-electron chi connectivity index (χ1n) is 8.13. The van der Waals surface area contributed by atoms with E-state index in [-0.39, 0.29) is 12.4 Å². The Kier molecular flexibility index (Phi) is 5.28. The van der Waals surface area contributed by atoms with Gasteiger partial charge in [-0.15, -0.1) is 0 Å². The van der Waals surface area contributed by atoms with Crippen molar-refractivity contribution in [3.63, 3.8) is 0 Å². The minimum atomic E-state index is -0.112. The molecule has 0 fully saturated rings. The first kappa shape index (κ1) is 18.0. The number of allylic oxidation sites excluding steroid dienone is 1. The van der Waals surface area contributed by atoms with Gasteiger partial charge in [0.05, 0.1) is 11.3 Å². The van der Waals surface area contributed by atoms with Crippen molar-refractivity contribution in [1.29, 1.82) is 0 Å². The molecule has 0 unspecified atom stereocenters. The minimum absolute atomic E-state index is 0.112. The Balaban J connectivity index is 1.63. The van der Waals surface area contributed by atoms with E-state index < -0.39 is 0 Å². The third kappa shape index (κ3) is 4.06. The predicted octanol–water partition coefficient (Wildman–Crippen LogP) is 4.76. The van der Waals surface area contributed by atoms with E-state index in [1.54, 1.807) is 37.0 Å². The highest BCUT2D eigenvalue weighted by atomic mass is 35.5. The molecule has 0 aliphatic carbocycles. The van der Waals surface area contributed by atoms with Crippen LogP contribution < -0.4 is 4.74 Å². The average molecular weight is 371 g/mol. The molecule has 0 aliphatic heterocycles. The number of rotatable bonds is 6. The van der Waals surface area contributed by atoms with E-state index in [0.717, 1.165) is 5.56 Å². The number of ketones is 1. The molecule has 134 valence electrons. The SMILES string of the molecule is Cc1nn(C)cc1C(=O)/C=C/c1ccc(COc2cccc(Cl)c2C)o1. The van der Waals surface area contributed by atoms with Crippen LogP contribution in [0.1, 0.15) is 33.1 Å². The van der Waals surface area contributed by atoms with Crippen molar-refractivity contribution in [2.75, 3.05) is 0 Å². The molecule has 26 heavy (non-hydrogen) atoms. The number of aromatic nitrogens is 2. The number of carbonyl (C=O) groups is 1. The molecular formula is C20H19ClN2O3. The van der Waals surface area contributed by atoms with E-state index in [2.05, 4.69) is 5.10 Å². The number of aryl methyl sites for hydroxylation is 2. The van der Waals surface area contributed by atoms with Gasteiger partial charge in [0.25, 0.3) is 0 Å². The van der Waals surface area contributed by atoms with E-state index in [9.17, 15) is 4.79 Å². The zero-order chi connectivity index (χ0) is 18.7. The molecule has 3 aromatic rings. The zero-order valence-electron chi connectivity index (χ0n) is 14.8. The first-order valence-corrected chi connectivity index (χ1v) is 8.51. The number of furan rings is 1. The minimum Gasteiger partial charge on any atom is -0.485 e. The lowest BCUT2D eigenvalue weighted by molar-refractivity contribution is 0.104. The van der Waals surface area contributed by atoms with Crippen LogP contribution in [0.15, 0.2) is 47.0 Å². The molecule has 2 aromatic heterocycles. The molecule has 0 aliphatic rings. The summed E-state index contributed by atoms with van der Waals surface area (Å²) in [6, 6.07) is 9.14. The molecular weight excluding hydrogens is 352 g/mol. The van der Waals surface area contributed by atoms with Crippen LogP contribution in [0, 0.1) is 13.8 Å². The maximum absolute atomic E-state index is 12.2. The van der Waals surface area contributed by atoms with Gasteiger partial charge in [0, 0.05) is 23.8 Å². The Labute approximate surface area is 156 Å². The Morgan fingerprint density at radius 2 is 2.12 bits per heavy atom. The van der Waals surface area contributed by atoms with Crippen LogP contribution in [0.25, 0.3) is 6.08 Å². The molecule has 0 atom stereocenters. The molecule has 0 radical (unpaired) electrons. The fraction of sp³-hybridized carbons (Fsp3) is 0.200. The molecule has 0 amide bonds. The third-order valence-electron chi connectivity index (χ3n) is 3.95. The van der Waals surface area contributed by atoms with Crippen molar-refractivity contribution in [2.45, 2.75) is 20.5 Å². The van der Waals surface area contributed by atoms with Gasteiger partial charge in [0.15, 0.2) is 5.78 Å². The summed E-state index contributed by atoms with van der Waals surface area (Å²) in [7, 11) is 1.79. The van der Waals surface area contributed by atoms with Gasteiger partial charge in [0.2, 0.25) is 0 Å². The standard InChI is InChI=1S/C20H19ClN2O3/c1-13-18(21)5-4-6-20(13)25-12-16-8-7-15(26-16)9-10-19(24)17-11-23(3)22-14(17)2/h4-11H,12H2,1-3H3/b10-9+. The summed E-state index contributed by atoms with van der Waals surface area (Å²) in [5, 5.41) is 4.83. The molecule has 0 N–H and O–H groups in total.